The maximum atomic E-state index is 11.8. The maximum absolute atomic E-state index is 11.8. The molecule has 0 aliphatic carbocycles. The normalized spacial score (nSPS) is 19.3. The summed E-state index contributed by atoms with van der Waals surface area (Å²) in [5.41, 5.74) is 1.12. The summed E-state index contributed by atoms with van der Waals surface area (Å²) in [6.07, 6.45) is 4.33. The first-order valence-corrected chi connectivity index (χ1v) is 7.01. The van der Waals surface area contributed by atoms with Gasteiger partial charge in [-0.05, 0) is 30.5 Å². The van der Waals surface area contributed by atoms with Crippen LogP contribution in [0.15, 0.2) is 18.3 Å². The third-order valence-electron chi connectivity index (χ3n) is 3.86. The molecule has 0 radical (unpaired) electrons. The van der Waals surface area contributed by atoms with Crippen molar-refractivity contribution in [3.05, 3.63) is 23.9 Å². The van der Waals surface area contributed by atoms with Crippen LogP contribution in [0.2, 0.25) is 0 Å². The van der Waals surface area contributed by atoms with E-state index in [9.17, 15) is 4.79 Å². The van der Waals surface area contributed by atoms with E-state index >= 15 is 0 Å². The lowest BCUT2D eigenvalue weighted by molar-refractivity contribution is -0.126. The smallest absolute Gasteiger partial charge is 0.225 e. The molecule has 0 atom stereocenters. The van der Waals surface area contributed by atoms with E-state index in [1.54, 1.807) is 0 Å². The van der Waals surface area contributed by atoms with Crippen LogP contribution in [0.25, 0.3) is 0 Å². The predicted molar refractivity (Wildman–Crippen MR) is 73.9 cm³/mol. The fourth-order valence-corrected chi connectivity index (χ4v) is 2.50. The van der Waals surface area contributed by atoms with Gasteiger partial charge in [0.15, 0.2) is 0 Å². The van der Waals surface area contributed by atoms with Gasteiger partial charge in [-0.2, -0.15) is 0 Å². The zero-order valence-corrected chi connectivity index (χ0v) is 11.1. The largest absolute Gasteiger partial charge is 0.357 e. The molecule has 102 valence electrons. The molecule has 1 aromatic heterocycles. The molecule has 2 aliphatic heterocycles. The number of anilines is 1. The second-order valence-corrected chi connectivity index (χ2v) is 5.29. The molecular formula is C14H20N4O. The molecule has 2 saturated heterocycles. The van der Waals surface area contributed by atoms with E-state index in [0.29, 0.717) is 6.54 Å². The number of amides is 1. The summed E-state index contributed by atoms with van der Waals surface area (Å²) in [5.74, 6) is 1.34. The molecule has 2 fully saturated rings. The van der Waals surface area contributed by atoms with E-state index in [-0.39, 0.29) is 11.8 Å². The van der Waals surface area contributed by atoms with Crippen LogP contribution in [0.3, 0.4) is 0 Å². The summed E-state index contributed by atoms with van der Waals surface area (Å²) in [7, 11) is 0. The van der Waals surface area contributed by atoms with Crippen LogP contribution >= 0.6 is 0 Å². The number of nitrogens with one attached hydrogen (secondary N) is 2. The minimum absolute atomic E-state index is 0.151. The van der Waals surface area contributed by atoms with Crippen molar-refractivity contribution in [1.82, 2.24) is 15.6 Å². The van der Waals surface area contributed by atoms with Crippen molar-refractivity contribution in [2.24, 2.45) is 5.92 Å². The molecule has 0 spiro atoms. The van der Waals surface area contributed by atoms with Crippen LogP contribution in [0.4, 0.5) is 5.82 Å². The van der Waals surface area contributed by atoms with E-state index in [0.717, 1.165) is 37.6 Å². The lowest BCUT2D eigenvalue weighted by Crippen LogP contribution is -2.50. The third kappa shape index (κ3) is 2.87. The molecule has 2 N–H and O–H groups in total. The van der Waals surface area contributed by atoms with Gasteiger partial charge in [0.25, 0.3) is 0 Å². The van der Waals surface area contributed by atoms with E-state index in [2.05, 4.69) is 26.6 Å². The van der Waals surface area contributed by atoms with Gasteiger partial charge < -0.3 is 15.5 Å². The van der Waals surface area contributed by atoms with Crippen molar-refractivity contribution >= 4 is 11.7 Å². The highest BCUT2D eigenvalue weighted by molar-refractivity contribution is 5.80. The predicted octanol–water partition coefficient (Wildman–Crippen LogP) is 0.517. The van der Waals surface area contributed by atoms with Crippen molar-refractivity contribution < 1.29 is 4.79 Å². The lowest BCUT2D eigenvalue weighted by Gasteiger charge is -2.25. The Morgan fingerprint density at radius 2 is 2.21 bits per heavy atom. The van der Waals surface area contributed by atoms with E-state index in [1.165, 1.54) is 12.8 Å². The molecular weight excluding hydrogens is 240 g/mol. The molecule has 0 aromatic carbocycles. The van der Waals surface area contributed by atoms with Gasteiger partial charge >= 0.3 is 0 Å². The second kappa shape index (κ2) is 5.57. The second-order valence-electron chi connectivity index (χ2n) is 5.29. The first-order valence-electron chi connectivity index (χ1n) is 7.01. The molecule has 5 nitrogen and oxygen atoms in total. The Morgan fingerprint density at radius 1 is 1.42 bits per heavy atom. The lowest BCUT2D eigenvalue weighted by atomic mass is 10.0. The average Bonchev–Trinajstić information content (AvgIpc) is 2.88. The molecule has 1 amide bonds. The number of carbonyl (C=O) groups excluding carboxylic acids is 1. The van der Waals surface area contributed by atoms with Crippen LogP contribution in [0.1, 0.15) is 18.4 Å². The molecule has 0 unspecified atom stereocenters. The SMILES string of the molecule is O=C(NCc1ccnc(N2CCCC2)c1)C1CNC1. The topological polar surface area (TPSA) is 57.3 Å². The quantitative estimate of drug-likeness (QED) is 0.828. The Kier molecular flexibility index (Phi) is 3.64. The Hall–Kier alpha value is -1.62. The van der Waals surface area contributed by atoms with Crippen LogP contribution in [-0.4, -0.2) is 37.1 Å². The summed E-state index contributed by atoms with van der Waals surface area (Å²) in [5, 5.41) is 6.10. The van der Waals surface area contributed by atoms with Crippen molar-refractivity contribution in [3.8, 4) is 0 Å². The Bertz CT molecular complexity index is 453. The number of carbonyl (C=O) groups is 1. The van der Waals surface area contributed by atoms with E-state index in [4.69, 9.17) is 0 Å². The Morgan fingerprint density at radius 3 is 2.89 bits per heavy atom. The highest BCUT2D eigenvalue weighted by Gasteiger charge is 2.24. The fraction of sp³-hybridized carbons (Fsp3) is 0.571. The minimum Gasteiger partial charge on any atom is -0.357 e. The number of pyridine rings is 1. The molecule has 5 heteroatoms. The minimum atomic E-state index is 0.151. The third-order valence-corrected chi connectivity index (χ3v) is 3.86. The summed E-state index contributed by atoms with van der Waals surface area (Å²) in [6, 6.07) is 4.06. The Labute approximate surface area is 113 Å². The van der Waals surface area contributed by atoms with Crippen molar-refractivity contribution in [3.63, 3.8) is 0 Å². The Balaban J connectivity index is 1.57. The van der Waals surface area contributed by atoms with Gasteiger partial charge in [0.2, 0.25) is 5.91 Å². The zero-order chi connectivity index (χ0) is 13.1. The van der Waals surface area contributed by atoms with Crippen LogP contribution < -0.4 is 15.5 Å². The zero-order valence-electron chi connectivity index (χ0n) is 11.1. The first-order chi connectivity index (χ1) is 9.33. The van der Waals surface area contributed by atoms with Gasteiger partial charge in [0.1, 0.15) is 5.82 Å². The molecule has 1 aromatic rings. The number of hydrogen-bond acceptors (Lipinski definition) is 4. The van der Waals surface area contributed by atoms with Crippen molar-refractivity contribution in [1.29, 1.82) is 0 Å². The van der Waals surface area contributed by atoms with E-state index < -0.39 is 0 Å². The average molecular weight is 260 g/mol. The van der Waals surface area contributed by atoms with E-state index in [1.807, 2.05) is 12.3 Å². The summed E-state index contributed by atoms with van der Waals surface area (Å²) in [4.78, 5) is 18.5. The summed E-state index contributed by atoms with van der Waals surface area (Å²) in [6.45, 7) is 4.40. The van der Waals surface area contributed by atoms with Gasteiger partial charge in [-0.25, -0.2) is 4.98 Å². The molecule has 0 saturated carbocycles. The number of nitrogens with zero attached hydrogens (tertiary/aromatic N) is 2. The highest BCUT2D eigenvalue weighted by Crippen LogP contribution is 2.18. The number of hydrogen-bond donors (Lipinski definition) is 2. The molecule has 3 heterocycles. The van der Waals surface area contributed by atoms with Gasteiger partial charge in [0.05, 0.1) is 5.92 Å². The molecule has 19 heavy (non-hydrogen) atoms. The van der Waals surface area contributed by atoms with Crippen LogP contribution in [0.5, 0.6) is 0 Å². The van der Waals surface area contributed by atoms with Crippen LogP contribution in [-0.2, 0) is 11.3 Å². The number of aromatic nitrogens is 1. The first kappa shape index (κ1) is 12.4. The standard InChI is InChI=1S/C14H20N4O/c19-14(12-9-15-10-12)17-8-11-3-4-16-13(7-11)18-5-1-2-6-18/h3-4,7,12,15H,1-2,5-6,8-10H2,(H,17,19). The highest BCUT2D eigenvalue weighted by atomic mass is 16.2. The van der Waals surface area contributed by atoms with Gasteiger partial charge in [0, 0.05) is 38.9 Å². The monoisotopic (exact) mass is 260 g/mol. The van der Waals surface area contributed by atoms with Gasteiger partial charge in [-0.3, -0.25) is 4.79 Å². The fourth-order valence-electron chi connectivity index (χ4n) is 2.50. The molecule has 3 rings (SSSR count). The summed E-state index contributed by atoms with van der Waals surface area (Å²) >= 11 is 0. The van der Waals surface area contributed by atoms with Crippen molar-refractivity contribution in [2.75, 3.05) is 31.1 Å². The molecule has 0 bridgehead atoms. The van der Waals surface area contributed by atoms with Crippen LogP contribution in [0, 0.1) is 5.92 Å². The van der Waals surface area contributed by atoms with Gasteiger partial charge in [-0.1, -0.05) is 0 Å². The number of rotatable bonds is 4. The maximum Gasteiger partial charge on any atom is 0.225 e. The van der Waals surface area contributed by atoms with Gasteiger partial charge in [-0.15, -0.1) is 0 Å². The molecule has 2 aliphatic rings. The van der Waals surface area contributed by atoms with Crippen molar-refractivity contribution in [2.45, 2.75) is 19.4 Å². The summed E-state index contributed by atoms with van der Waals surface area (Å²) < 4.78 is 0.